The van der Waals surface area contributed by atoms with Crippen molar-refractivity contribution in [2.24, 2.45) is 0 Å². The van der Waals surface area contributed by atoms with E-state index in [0.29, 0.717) is 29.8 Å². The number of aliphatic carboxylic acids is 1. The Morgan fingerprint density at radius 1 is 1.48 bits per heavy atom. The fourth-order valence-electron chi connectivity index (χ4n) is 2.01. The Bertz CT molecular complexity index is 588. The monoisotopic (exact) mass is 308 g/mol. The minimum absolute atomic E-state index is 0.112. The van der Waals surface area contributed by atoms with Crippen molar-refractivity contribution < 1.29 is 19.5 Å². The Balaban J connectivity index is 2.14. The van der Waals surface area contributed by atoms with Gasteiger partial charge in [0.15, 0.2) is 0 Å². The number of fused-ring (bicyclic) bond motifs is 1. The Morgan fingerprint density at radius 3 is 2.90 bits per heavy atom. The molecule has 7 heteroatoms. The lowest BCUT2D eigenvalue weighted by Gasteiger charge is -2.18. The maximum absolute atomic E-state index is 12.1. The molecule has 1 aliphatic heterocycles. The van der Waals surface area contributed by atoms with E-state index in [0.717, 1.165) is 4.90 Å². The van der Waals surface area contributed by atoms with Crippen molar-refractivity contribution in [3.8, 4) is 0 Å². The first kappa shape index (κ1) is 15.4. The van der Waals surface area contributed by atoms with Gasteiger partial charge in [0.1, 0.15) is 6.04 Å². The SMILES string of the molecule is CCC[C@@H](NC(=O)c1ccc2c(c1)NC(=O)CS2)C(=O)O. The van der Waals surface area contributed by atoms with Crippen LogP contribution in [-0.4, -0.2) is 34.7 Å². The highest BCUT2D eigenvalue weighted by Gasteiger charge is 2.21. The van der Waals surface area contributed by atoms with Gasteiger partial charge >= 0.3 is 5.97 Å². The molecule has 112 valence electrons. The average Bonchev–Trinajstić information content (AvgIpc) is 2.45. The van der Waals surface area contributed by atoms with Gasteiger partial charge in [-0.3, -0.25) is 9.59 Å². The zero-order valence-electron chi connectivity index (χ0n) is 11.5. The van der Waals surface area contributed by atoms with Crippen LogP contribution in [-0.2, 0) is 9.59 Å². The Hall–Kier alpha value is -2.02. The Kier molecular flexibility index (Phi) is 4.85. The van der Waals surface area contributed by atoms with Crippen LogP contribution in [0.15, 0.2) is 23.1 Å². The van der Waals surface area contributed by atoms with Crippen LogP contribution in [0.2, 0.25) is 0 Å². The van der Waals surface area contributed by atoms with Crippen molar-refractivity contribution in [2.45, 2.75) is 30.7 Å². The molecule has 2 amide bonds. The van der Waals surface area contributed by atoms with Crippen LogP contribution >= 0.6 is 11.8 Å². The van der Waals surface area contributed by atoms with Gasteiger partial charge in [-0.25, -0.2) is 4.79 Å². The van der Waals surface area contributed by atoms with E-state index in [1.165, 1.54) is 11.8 Å². The largest absolute Gasteiger partial charge is 0.480 e. The van der Waals surface area contributed by atoms with Crippen molar-refractivity contribution in [3.05, 3.63) is 23.8 Å². The number of carbonyl (C=O) groups is 3. The van der Waals surface area contributed by atoms with Crippen molar-refractivity contribution in [2.75, 3.05) is 11.1 Å². The Morgan fingerprint density at radius 2 is 2.24 bits per heavy atom. The second-order valence-electron chi connectivity index (χ2n) is 4.70. The number of hydrogen-bond donors (Lipinski definition) is 3. The third kappa shape index (κ3) is 3.75. The van der Waals surface area contributed by atoms with E-state index < -0.39 is 17.9 Å². The van der Waals surface area contributed by atoms with Gasteiger partial charge in [0.25, 0.3) is 5.91 Å². The summed E-state index contributed by atoms with van der Waals surface area (Å²) in [5.74, 6) is -1.26. The predicted octanol–water partition coefficient (Wildman–Crippen LogP) is 1.71. The quantitative estimate of drug-likeness (QED) is 0.769. The summed E-state index contributed by atoms with van der Waals surface area (Å²) in [6.07, 6.45) is 1.03. The zero-order chi connectivity index (χ0) is 15.4. The minimum atomic E-state index is -1.05. The van der Waals surface area contributed by atoms with Crippen LogP contribution in [0.4, 0.5) is 5.69 Å². The summed E-state index contributed by atoms with van der Waals surface area (Å²) in [6.45, 7) is 1.85. The number of amides is 2. The Labute approximate surface area is 126 Å². The first-order chi connectivity index (χ1) is 10.0. The maximum atomic E-state index is 12.1. The molecule has 6 nitrogen and oxygen atoms in total. The molecule has 0 spiro atoms. The number of carboxylic acid groups (broad SMARTS) is 1. The van der Waals surface area contributed by atoms with E-state index >= 15 is 0 Å². The number of benzene rings is 1. The molecule has 0 aromatic heterocycles. The second kappa shape index (κ2) is 6.62. The lowest BCUT2D eigenvalue weighted by Crippen LogP contribution is -2.40. The molecule has 1 heterocycles. The van der Waals surface area contributed by atoms with Crippen molar-refractivity contribution in [3.63, 3.8) is 0 Å². The summed E-state index contributed by atoms with van der Waals surface area (Å²) in [5, 5.41) is 14.2. The molecule has 1 aromatic carbocycles. The minimum Gasteiger partial charge on any atom is -0.480 e. The molecule has 0 fully saturated rings. The van der Waals surface area contributed by atoms with Gasteiger partial charge in [0.05, 0.1) is 11.4 Å². The molecular formula is C14H16N2O4S. The molecule has 1 aromatic rings. The van der Waals surface area contributed by atoms with Crippen molar-refractivity contribution >= 4 is 35.2 Å². The number of rotatable bonds is 5. The summed E-state index contributed by atoms with van der Waals surface area (Å²) in [7, 11) is 0. The lowest BCUT2D eigenvalue weighted by atomic mass is 10.1. The summed E-state index contributed by atoms with van der Waals surface area (Å²) in [4.78, 5) is 35.4. The third-order valence-electron chi connectivity index (χ3n) is 3.06. The van der Waals surface area contributed by atoms with E-state index in [9.17, 15) is 14.4 Å². The van der Waals surface area contributed by atoms with Gasteiger partial charge in [0.2, 0.25) is 5.91 Å². The van der Waals surface area contributed by atoms with E-state index in [4.69, 9.17) is 5.11 Å². The molecule has 0 saturated carbocycles. The summed E-state index contributed by atoms with van der Waals surface area (Å²) in [5.41, 5.74) is 0.921. The number of thioether (sulfide) groups is 1. The smallest absolute Gasteiger partial charge is 0.326 e. The normalized spacial score (nSPS) is 14.8. The van der Waals surface area contributed by atoms with Crippen molar-refractivity contribution in [1.29, 1.82) is 0 Å². The topological polar surface area (TPSA) is 95.5 Å². The van der Waals surface area contributed by atoms with Gasteiger partial charge in [-0.15, -0.1) is 11.8 Å². The molecule has 0 unspecified atom stereocenters. The maximum Gasteiger partial charge on any atom is 0.326 e. The van der Waals surface area contributed by atoms with E-state index in [-0.39, 0.29) is 5.91 Å². The average molecular weight is 308 g/mol. The highest BCUT2D eigenvalue weighted by molar-refractivity contribution is 8.00. The second-order valence-corrected chi connectivity index (χ2v) is 5.72. The van der Waals surface area contributed by atoms with E-state index in [1.807, 2.05) is 6.92 Å². The predicted molar refractivity (Wildman–Crippen MR) is 79.6 cm³/mol. The highest BCUT2D eigenvalue weighted by Crippen LogP contribution is 2.31. The molecule has 0 saturated heterocycles. The molecular weight excluding hydrogens is 292 g/mol. The first-order valence-corrected chi connectivity index (χ1v) is 7.60. The number of nitrogens with one attached hydrogen (secondary N) is 2. The van der Waals surface area contributed by atoms with E-state index in [1.54, 1.807) is 18.2 Å². The van der Waals surface area contributed by atoms with Crippen LogP contribution in [0.5, 0.6) is 0 Å². The van der Waals surface area contributed by atoms with Crippen LogP contribution in [0, 0.1) is 0 Å². The number of hydrogen-bond acceptors (Lipinski definition) is 4. The first-order valence-electron chi connectivity index (χ1n) is 6.61. The molecule has 0 aliphatic carbocycles. The highest BCUT2D eigenvalue weighted by atomic mass is 32.2. The molecule has 2 rings (SSSR count). The molecule has 0 bridgehead atoms. The molecule has 1 atom stereocenters. The van der Waals surface area contributed by atoms with Gasteiger partial charge in [0, 0.05) is 10.5 Å². The standard InChI is InChI=1S/C14H16N2O4S/c1-2-3-9(14(19)20)16-13(18)8-4-5-11-10(6-8)15-12(17)7-21-11/h4-6,9H,2-3,7H2,1H3,(H,15,17)(H,16,18)(H,19,20)/t9-/m1/s1. The van der Waals surface area contributed by atoms with E-state index in [2.05, 4.69) is 10.6 Å². The fraction of sp³-hybridized carbons (Fsp3) is 0.357. The van der Waals surface area contributed by atoms with Crippen LogP contribution < -0.4 is 10.6 Å². The third-order valence-corrected chi connectivity index (χ3v) is 4.13. The van der Waals surface area contributed by atoms with Gasteiger partial charge < -0.3 is 15.7 Å². The van der Waals surface area contributed by atoms with Crippen LogP contribution in [0.3, 0.4) is 0 Å². The molecule has 1 aliphatic rings. The van der Waals surface area contributed by atoms with Gasteiger partial charge in [-0.2, -0.15) is 0 Å². The summed E-state index contributed by atoms with van der Waals surface area (Å²) in [6, 6.07) is 4.05. The number of anilines is 1. The molecule has 0 radical (unpaired) electrons. The fourth-order valence-corrected chi connectivity index (χ4v) is 2.80. The van der Waals surface area contributed by atoms with Gasteiger partial charge in [-0.05, 0) is 24.6 Å². The zero-order valence-corrected chi connectivity index (χ0v) is 12.3. The van der Waals surface area contributed by atoms with Crippen molar-refractivity contribution in [1.82, 2.24) is 5.32 Å². The van der Waals surface area contributed by atoms with Crippen LogP contribution in [0.1, 0.15) is 30.1 Å². The number of carbonyl (C=O) groups excluding carboxylic acids is 2. The van der Waals surface area contributed by atoms with Gasteiger partial charge in [-0.1, -0.05) is 13.3 Å². The number of carboxylic acids is 1. The summed E-state index contributed by atoms with van der Waals surface area (Å²) >= 11 is 1.41. The molecule has 3 N–H and O–H groups in total. The summed E-state index contributed by atoms with van der Waals surface area (Å²) < 4.78 is 0. The molecule has 21 heavy (non-hydrogen) atoms. The lowest BCUT2D eigenvalue weighted by molar-refractivity contribution is -0.139. The van der Waals surface area contributed by atoms with Crippen LogP contribution in [0.25, 0.3) is 0 Å².